The number of carbonyl (C=O) groups excluding carboxylic acids is 2. The van der Waals surface area contributed by atoms with E-state index >= 15 is 0 Å². The third-order valence-corrected chi connectivity index (χ3v) is 4.54. The van der Waals surface area contributed by atoms with Gasteiger partial charge in [0.05, 0.1) is 5.41 Å². The minimum absolute atomic E-state index is 0.245. The number of rotatable bonds is 10. The molecule has 0 fully saturated rings. The molecule has 25 heavy (non-hydrogen) atoms. The van der Waals surface area contributed by atoms with Crippen molar-refractivity contribution in [3.05, 3.63) is 35.9 Å². The fourth-order valence-electron chi connectivity index (χ4n) is 2.06. The maximum Gasteiger partial charge on any atom is 0.309 e. The molecule has 7 heteroatoms. The smallest absolute Gasteiger partial charge is 0.309 e. The van der Waals surface area contributed by atoms with Gasteiger partial charge in [0, 0.05) is 12.1 Å². The van der Waals surface area contributed by atoms with E-state index in [1.54, 1.807) is 49.9 Å². The minimum atomic E-state index is -0.907. The molecule has 0 bridgehead atoms. The second-order valence-electron chi connectivity index (χ2n) is 6.40. The molecule has 1 unspecified atom stereocenters. The van der Waals surface area contributed by atoms with E-state index in [0.29, 0.717) is 18.4 Å². The van der Waals surface area contributed by atoms with Gasteiger partial charge in [-0.25, -0.2) is 0 Å². The lowest BCUT2D eigenvalue weighted by molar-refractivity contribution is -0.147. The summed E-state index contributed by atoms with van der Waals surface area (Å²) in [6, 6.07) is 8.08. The van der Waals surface area contributed by atoms with Crippen molar-refractivity contribution in [3.8, 4) is 0 Å². The van der Waals surface area contributed by atoms with E-state index in [1.807, 2.05) is 12.3 Å². The van der Waals surface area contributed by atoms with Crippen LogP contribution in [0.3, 0.4) is 0 Å². The Morgan fingerprint density at radius 3 is 2.40 bits per heavy atom. The Balaban J connectivity index is 2.63. The highest BCUT2D eigenvalue weighted by Gasteiger charge is 2.27. The van der Waals surface area contributed by atoms with Crippen LogP contribution >= 0.6 is 11.8 Å². The summed E-state index contributed by atoms with van der Waals surface area (Å²) in [5.74, 6) is -0.765. The predicted molar refractivity (Wildman–Crippen MR) is 99.7 cm³/mol. The lowest BCUT2D eigenvalue weighted by Crippen LogP contribution is -2.47. The molecule has 1 atom stereocenters. The molecule has 0 aliphatic carbocycles. The van der Waals surface area contributed by atoms with Crippen LogP contribution in [0, 0.1) is 5.41 Å². The molecule has 0 radical (unpaired) electrons. The van der Waals surface area contributed by atoms with E-state index < -0.39 is 17.4 Å². The number of hydrogen-bond donors (Lipinski definition) is 3. The molecule has 1 rings (SSSR count). The molecule has 0 aliphatic rings. The van der Waals surface area contributed by atoms with Crippen molar-refractivity contribution in [3.63, 3.8) is 0 Å². The zero-order valence-corrected chi connectivity index (χ0v) is 15.7. The first-order chi connectivity index (χ1) is 11.8. The predicted octanol–water partition coefficient (Wildman–Crippen LogP) is 2.16. The SMILES string of the molecule is CSCCC(NC(=O)c1ccccc1)C(=O)NCCC(C)(C)C(=O)O. The highest BCUT2D eigenvalue weighted by Crippen LogP contribution is 2.19. The Kier molecular flexibility index (Phi) is 8.48. The average Bonchev–Trinajstić information content (AvgIpc) is 2.58. The second kappa shape index (κ2) is 10.1. The third-order valence-electron chi connectivity index (χ3n) is 3.90. The van der Waals surface area contributed by atoms with E-state index in [-0.39, 0.29) is 18.4 Å². The summed E-state index contributed by atoms with van der Waals surface area (Å²) < 4.78 is 0. The zero-order valence-electron chi connectivity index (χ0n) is 14.9. The van der Waals surface area contributed by atoms with Crippen molar-refractivity contribution < 1.29 is 19.5 Å². The van der Waals surface area contributed by atoms with Crippen LogP contribution in [0.5, 0.6) is 0 Å². The van der Waals surface area contributed by atoms with Gasteiger partial charge in [-0.2, -0.15) is 11.8 Å². The van der Waals surface area contributed by atoms with Gasteiger partial charge in [0.2, 0.25) is 5.91 Å². The van der Waals surface area contributed by atoms with Crippen LogP contribution in [0.25, 0.3) is 0 Å². The lowest BCUT2D eigenvalue weighted by Gasteiger charge is -2.21. The molecule has 0 aromatic heterocycles. The van der Waals surface area contributed by atoms with Crippen molar-refractivity contribution in [2.75, 3.05) is 18.6 Å². The fraction of sp³-hybridized carbons (Fsp3) is 0.500. The monoisotopic (exact) mass is 366 g/mol. The van der Waals surface area contributed by atoms with Gasteiger partial charge >= 0.3 is 5.97 Å². The maximum atomic E-state index is 12.4. The molecule has 2 amide bonds. The number of carboxylic acid groups (broad SMARTS) is 1. The van der Waals surface area contributed by atoms with Crippen LogP contribution in [0.1, 0.15) is 37.0 Å². The summed E-state index contributed by atoms with van der Waals surface area (Å²) in [7, 11) is 0. The van der Waals surface area contributed by atoms with E-state index in [2.05, 4.69) is 10.6 Å². The van der Waals surface area contributed by atoms with Crippen molar-refractivity contribution in [2.24, 2.45) is 5.41 Å². The number of benzene rings is 1. The highest BCUT2D eigenvalue weighted by atomic mass is 32.2. The number of aliphatic carboxylic acids is 1. The van der Waals surface area contributed by atoms with Crippen LogP contribution in [0.2, 0.25) is 0 Å². The molecule has 1 aromatic rings. The molecule has 0 spiro atoms. The number of thioether (sulfide) groups is 1. The highest BCUT2D eigenvalue weighted by molar-refractivity contribution is 7.98. The zero-order chi connectivity index (χ0) is 18.9. The standard InChI is InChI=1S/C18H26N2O4S/c1-18(2,17(23)24)10-11-19-16(22)14(9-12-25-3)20-15(21)13-7-5-4-6-8-13/h4-8,14H,9-12H2,1-3H3,(H,19,22)(H,20,21)(H,23,24). The second-order valence-corrected chi connectivity index (χ2v) is 7.39. The van der Waals surface area contributed by atoms with Gasteiger partial charge in [-0.3, -0.25) is 14.4 Å². The third kappa shape index (κ3) is 7.17. The molecule has 0 saturated carbocycles. The summed E-state index contributed by atoms with van der Waals surface area (Å²) in [5, 5.41) is 14.6. The maximum absolute atomic E-state index is 12.4. The molecule has 138 valence electrons. The Hall–Kier alpha value is -2.02. The van der Waals surface area contributed by atoms with Crippen LogP contribution in [-0.2, 0) is 9.59 Å². The van der Waals surface area contributed by atoms with Gasteiger partial charge in [-0.15, -0.1) is 0 Å². The average molecular weight is 366 g/mol. The molecular weight excluding hydrogens is 340 g/mol. The molecule has 6 nitrogen and oxygen atoms in total. The van der Waals surface area contributed by atoms with Crippen LogP contribution in [0.4, 0.5) is 0 Å². The molecule has 1 aromatic carbocycles. The first kappa shape index (κ1) is 21.0. The summed E-state index contributed by atoms with van der Waals surface area (Å²) in [4.78, 5) is 35.8. The molecule has 0 heterocycles. The Labute approximate surface area is 152 Å². The van der Waals surface area contributed by atoms with Gasteiger partial charge < -0.3 is 15.7 Å². The van der Waals surface area contributed by atoms with E-state index in [9.17, 15) is 14.4 Å². The number of hydrogen-bond acceptors (Lipinski definition) is 4. The van der Waals surface area contributed by atoms with Crippen molar-refractivity contribution in [1.82, 2.24) is 10.6 Å². The summed E-state index contributed by atoms with van der Waals surface area (Å²) in [6.45, 7) is 3.48. The first-order valence-electron chi connectivity index (χ1n) is 8.14. The molecule has 0 aliphatic heterocycles. The van der Waals surface area contributed by atoms with E-state index in [0.717, 1.165) is 5.75 Å². The quantitative estimate of drug-likeness (QED) is 0.590. The summed E-state index contributed by atoms with van der Waals surface area (Å²) >= 11 is 1.59. The van der Waals surface area contributed by atoms with Gasteiger partial charge in [-0.1, -0.05) is 18.2 Å². The van der Waals surface area contributed by atoms with Crippen molar-refractivity contribution in [1.29, 1.82) is 0 Å². The van der Waals surface area contributed by atoms with Crippen LogP contribution in [0.15, 0.2) is 30.3 Å². The largest absolute Gasteiger partial charge is 0.481 e. The van der Waals surface area contributed by atoms with Gasteiger partial charge in [0.1, 0.15) is 6.04 Å². The Bertz CT molecular complexity index is 590. The van der Waals surface area contributed by atoms with Crippen molar-refractivity contribution in [2.45, 2.75) is 32.7 Å². The summed E-state index contributed by atoms with van der Waals surface area (Å²) in [5.41, 5.74) is -0.411. The van der Waals surface area contributed by atoms with Gasteiger partial charge in [0.15, 0.2) is 0 Å². The molecule has 0 saturated heterocycles. The Morgan fingerprint density at radius 1 is 1.20 bits per heavy atom. The number of carboxylic acids is 1. The van der Waals surface area contributed by atoms with Crippen LogP contribution in [-0.4, -0.2) is 47.5 Å². The number of carbonyl (C=O) groups is 3. The lowest BCUT2D eigenvalue weighted by atomic mass is 9.89. The Morgan fingerprint density at radius 2 is 1.84 bits per heavy atom. The van der Waals surface area contributed by atoms with Gasteiger partial charge in [0.25, 0.3) is 5.91 Å². The first-order valence-corrected chi connectivity index (χ1v) is 9.53. The molecular formula is C18H26N2O4S. The fourth-order valence-corrected chi connectivity index (χ4v) is 2.54. The summed E-state index contributed by atoms with van der Waals surface area (Å²) in [6.07, 6.45) is 2.76. The minimum Gasteiger partial charge on any atom is -0.481 e. The number of nitrogens with one attached hydrogen (secondary N) is 2. The van der Waals surface area contributed by atoms with Crippen LogP contribution < -0.4 is 10.6 Å². The topological polar surface area (TPSA) is 95.5 Å². The number of amides is 2. The molecule has 3 N–H and O–H groups in total. The van der Waals surface area contributed by atoms with Crippen molar-refractivity contribution >= 4 is 29.5 Å². The van der Waals surface area contributed by atoms with Gasteiger partial charge in [-0.05, 0) is 50.8 Å². The van der Waals surface area contributed by atoms with E-state index in [1.165, 1.54) is 0 Å². The van der Waals surface area contributed by atoms with E-state index in [4.69, 9.17) is 5.11 Å². The normalized spacial score (nSPS) is 12.3.